The zero-order valence-corrected chi connectivity index (χ0v) is 7.45. The van der Waals surface area contributed by atoms with Gasteiger partial charge in [-0.1, -0.05) is 13.3 Å². The monoisotopic (exact) mass is 172 g/mol. The van der Waals surface area contributed by atoms with Gasteiger partial charge in [-0.05, 0) is 18.8 Å². The quantitative estimate of drug-likeness (QED) is 0.701. The first-order valence-electron chi connectivity index (χ1n) is 4.53. The molecule has 0 saturated heterocycles. The average Bonchev–Trinajstić information content (AvgIpc) is 2.36. The molecule has 0 radical (unpaired) electrons. The molecule has 1 rings (SSSR count). The number of rotatable bonds is 4. The van der Waals surface area contributed by atoms with Gasteiger partial charge < -0.3 is 9.84 Å². The minimum Gasteiger partial charge on any atom is -0.481 e. The van der Waals surface area contributed by atoms with Crippen LogP contribution in [-0.2, 0) is 9.53 Å². The third-order valence-corrected chi connectivity index (χ3v) is 2.43. The predicted octanol–water partition coefficient (Wildman–Crippen LogP) is 1.67. The summed E-state index contributed by atoms with van der Waals surface area (Å²) >= 11 is 0. The van der Waals surface area contributed by atoms with Crippen molar-refractivity contribution < 1.29 is 14.6 Å². The number of carboxylic acid groups (broad SMARTS) is 1. The highest BCUT2D eigenvalue weighted by molar-refractivity contribution is 5.66. The number of hydrogen-bond acceptors (Lipinski definition) is 2. The number of hydrogen-bond donors (Lipinski definition) is 1. The highest BCUT2D eigenvalue weighted by Gasteiger charge is 2.23. The van der Waals surface area contributed by atoms with E-state index in [0.717, 1.165) is 6.42 Å². The van der Waals surface area contributed by atoms with Crippen molar-refractivity contribution in [2.24, 2.45) is 5.92 Å². The summed E-state index contributed by atoms with van der Waals surface area (Å²) in [6.07, 6.45) is 3.98. The Morgan fingerprint density at radius 3 is 2.83 bits per heavy atom. The summed E-state index contributed by atoms with van der Waals surface area (Å²) in [5.41, 5.74) is 0. The van der Waals surface area contributed by atoms with Gasteiger partial charge in [0, 0.05) is 0 Å². The first-order valence-corrected chi connectivity index (χ1v) is 4.53. The summed E-state index contributed by atoms with van der Waals surface area (Å²) in [6.45, 7) is 2.53. The first-order chi connectivity index (χ1) is 5.70. The van der Waals surface area contributed by atoms with E-state index in [1.54, 1.807) is 0 Å². The predicted molar refractivity (Wildman–Crippen MR) is 45.0 cm³/mol. The molecule has 1 saturated carbocycles. The SMILES string of the molecule is C[C@@H]1CCC[C@H]1OCCC(=O)O. The molecule has 3 nitrogen and oxygen atoms in total. The van der Waals surface area contributed by atoms with E-state index in [0.29, 0.717) is 18.6 Å². The van der Waals surface area contributed by atoms with Crippen LogP contribution in [0.4, 0.5) is 0 Å². The van der Waals surface area contributed by atoms with Gasteiger partial charge in [0.05, 0.1) is 19.1 Å². The maximum Gasteiger partial charge on any atom is 0.305 e. The minimum atomic E-state index is -0.777. The van der Waals surface area contributed by atoms with Crippen molar-refractivity contribution in [3.05, 3.63) is 0 Å². The van der Waals surface area contributed by atoms with Crippen LogP contribution in [0.5, 0.6) is 0 Å². The van der Waals surface area contributed by atoms with E-state index in [9.17, 15) is 4.79 Å². The molecule has 1 N–H and O–H groups in total. The van der Waals surface area contributed by atoms with Gasteiger partial charge >= 0.3 is 5.97 Å². The lowest BCUT2D eigenvalue weighted by Gasteiger charge is -2.15. The number of ether oxygens (including phenoxy) is 1. The Morgan fingerprint density at radius 1 is 1.58 bits per heavy atom. The molecule has 2 atom stereocenters. The summed E-state index contributed by atoms with van der Waals surface area (Å²) in [4.78, 5) is 10.2. The lowest BCUT2D eigenvalue weighted by molar-refractivity contribution is -0.138. The Bertz CT molecular complexity index is 156. The van der Waals surface area contributed by atoms with Gasteiger partial charge in [0.2, 0.25) is 0 Å². The summed E-state index contributed by atoms with van der Waals surface area (Å²) in [5.74, 6) is -0.167. The molecule has 0 amide bonds. The molecule has 70 valence electrons. The third kappa shape index (κ3) is 2.81. The smallest absolute Gasteiger partial charge is 0.305 e. The standard InChI is InChI=1S/C9H16O3/c1-7-3-2-4-8(7)12-6-5-9(10)11/h7-8H,2-6H2,1H3,(H,10,11)/t7-,8-/m1/s1. The highest BCUT2D eigenvalue weighted by atomic mass is 16.5. The van der Waals surface area contributed by atoms with Crippen molar-refractivity contribution >= 4 is 5.97 Å². The lowest BCUT2D eigenvalue weighted by atomic mass is 10.1. The molecule has 0 aromatic rings. The van der Waals surface area contributed by atoms with Crippen LogP contribution >= 0.6 is 0 Å². The van der Waals surface area contributed by atoms with Gasteiger partial charge in [0.15, 0.2) is 0 Å². The van der Waals surface area contributed by atoms with E-state index in [4.69, 9.17) is 9.84 Å². The van der Waals surface area contributed by atoms with E-state index >= 15 is 0 Å². The molecule has 0 unspecified atom stereocenters. The fourth-order valence-electron chi connectivity index (χ4n) is 1.66. The Kier molecular flexibility index (Phi) is 3.53. The van der Waals surface area contributed by atoms with Crippen molar-refractivity contribution in [3.8, 4) is 0 Å². The fraction of sp³-hybridized carbons (Fsp3) is 0.889. The second kappa shape index (κ2) is 4.45. The molecule has 1 aliphatic rings. The van der Waals surface area contributed by atoms with Crippen LogP contribution in [0.2, 0.25) is 0 Å². The Balaban J connectivity index is 2.10. The van der Waals surface area contributed by atoms with E-state index in [-0.39, 0.29) is 6.42 Å². The van der Waals surface area contributed by atoms with Crippen LogP contribution in [0.15, 0.2) is 0 Å². The molecule has 3 heteroatoms. The van der Waals surface area contributed by atoms with Crippen molar-refractivity contribution in [1.82, 2.24) is 0 Å². The highest BCUT2D eigenvalue weighted by Crippen LogP contribution is 2.27. The molecule has 0 aromatic carbocycles. The zero-order chi connectivity index (χ0) is 8.97. The Labute approximate surface area is 72.7 Å². The van der Waals surface area contributed by atoms with Crippen molar-refractivity contribution in [1.29, 1.82) is 0 Å². The molecule has 1 aliphatic carbocycles. The first kappa shape index (κ1) is 9.52. The number of carboxylic acids is 1. The lowest BCUT2D eigenvalue weighted by Crippen LogP contribution is -2.17. The molecule has 0 bridgehead atoms. The maximum atomic E-state index is 10.2. The molecule has 12 heavy (non-hydrogen) atoms. The normalized spacial score (nSPS) is 29.1. The molecule has 0 heterocycles. The van der Waals surface area contributed by atoms with Gasteiger partial charge in [-0.15, -0.1) is 0 Å². The number of carbonyl (C=O) groups is 1. The molecule has 0 spiro atoms. The Morgan fingerprint density at radius 2 is 2.33 bits per heavy atom. The number of aliphatic carboxylic acids is 1. The van der Waals surface area contributed by atoms with Crippen molar-refractivity contribution in [2.75, 3.05) is 6.61 Å². The summed E-state index contributed by atoms with van der Waals surface area (Å²) in [5, 5.41) is 8.37. The van der Waals surface area contributed by atoms with E-state index in [1.165, 1.54) is 12.8 Å². The second-order valence-electron chi connectivity index (χ2n) is 3.46. The van der Waals surface area contributed by atoms with Gasteiger partial charge in [-0.3, -0.25) is 4.79 Å². The fourth-order valence-corrected chi connectivity index (χ4v) is 1.66. The average molecular weight is 172 g/mol. The maximum absolute atomic E-state index is 10.2. The van der Waals surface area contributed by atoms with Crippen LogP contribution < -0.4 is 0 Å². The second-order valence-corrected chi connectivity index (χ2v) is 3.46. The largest absolute Gasteiger partial charge is 0.481 e. The molecule has 1 fully saturated rings. The van der Waals surface area contributed by atoms with Crippen molar-refractivity contribution in [2.45, 2.75) is 38.7 Å². The zero-order valence-electron chi connectivity index (χ0n) is 7.45. The molecule has 0 aromatic heterocycles. The van der Waals surface area contributed by atoms with E-state index in [1.807, 2.05) is 0 Å². The van der Waals surface area contributed by atoms with Crippen LogP contribution in [0.3, 0.4) is 0 Å². The molecule has 0 aliphatic heterocycles. The van der Waals surface area contributed by atoms with Crippen LogP contribution in [-0.4, -0.2) is 23.8 Å². The minimum absolute atomic E-state index is 0.128. The summed E-state index contributed by atoms with van der Waals surface area (Å²) in [6, 6.07) is 0. The van der Waals surface area contributed by atoms with E-state index < -0.39 is 5.97 Å². The molecular formula is C9H16O3. The van der Waals surface area contributed by atoms with Gasteiger partial charge in [-0.2, -0.15) is 0 Å². The van der Waals surface area contributed by atoms with Gasteiger partial charge in [0.25, 0.3) is 0 Å². The van der Waals surface area contributed by atoms with Crippen molar-refractivity contribution in [3.63, 3.8) is 0 Å². The third-order valence-electron chi connectivity index (χ3n) is 2.43. The van der Waals surface area contributed by atoms with Crippen LogP contribution in [0.25, 0.3) is 0 Å². The van der Waals surface area contributed by atoms with Crippen LogP contribution in [0.1, 0.15) is 32.6 Å². The van der Waals surface area contributed by atoms with E-state index in [2.05, 4.69) is 6.92 Å². The summed E-state index contributed by atoms with van der Waals surface area (Å²) in [7, 11) is 0. The van der Waals surface area contributed by atoms with Crippen LogP contribution in [0, 0.1) is 5.92 Å². The van der Waals surface area contributed by atoms with Gasteiger partial charge in [-0.25, -0.2) is 0 Å². The Hall–Kier alpha value is -0.570. The topological polar surface area (TPSA) is 46.5 Å². The summed E-state index contributed by atoms with van der Waals surface area (Å²) < 4.78 is 5.45. The van der Waals surface area contributed by atoms with Gasteiger partial charge in [0.1, 0.15) is 0 Å². The molecular weight excluding hydrogens is 156 g/mol.